The zero-order chi connectivity index (χ0) is 17.4. The quantitative estimate of drug-likeness (QED) is 0.504. The van der Waals surface area contributed by atoms with Crippen LogP contribution in [0.2, 0.25) is 0 Å². The molecule has 0 saturated carbocycles. The van der Waals surface area contributed by atoms with E-state index in [1.807, 2.05) is 43.3 Å². The molecule has 1 N–H and O–H groups in total. The van der Waals surface area contributed by atoms with Crippen LogP contribution in [0.3, 0.4) is 0 Å². The van der Waals surface area contributed by atoms with Crippen molar-refractivity contribution in [3.05, 3.63) is 57.0 Å². The van der Waals surface area contributed by atoms with E-state index in [1.165, 1.54) is 0 Å². The highest BCUT2D eigenvalue weighted by Gasteiger charge is 2.05. The van der Waals surface area contributed by atoms with Crippen LogP contribution in [0.15, 0.2) is 56.5 Å². The van der Waals surface area contributed by atoms with Gasteiger partial charge in [-0.25, -0.2) is 5.43 Å². The molecule has 1 amide bonds. The minimum atomic E-state index is -0.352. The van der Waals surface area contributed by atoms with Crippen molar-refractivity contribution < 1.29 is 14.3 Å². The van der Waals surface area contributed by atoms with Gasteiger partial charge in [-0.3, -0.25) is 4.79 Å². The summed E-state index contributed by atoms with van der Waals surface area (Å²) >= 11 is 6.73. The van der Waals surface area contributed by atoms with Crippen molar-refractivity contribution in [1.82, 2.24) is 5.43 Å². The highest BCUT2D eigenvalue weighted by molar-refractivity contribution is 9.11. The van der Waals surface area contributed by atoms with E-state index in [9.17, 15) is 4.79 Å². The van der Waals surface area contributed by atoms with Gasteiger partial charge in [0.1, 0.15) is 11.5 Å². The third-order valence-corrected chi connectivity index (χ3v) is 3.98. The molecule has 126 valence electrons. The summed E-state index contributed by atoms with van der Waals surface area (Å²) in [5.41, 5.74) is 3.22. The molecule has 2 rings (SSSR count). The summed E-state index contributed by atoms with van der Waals surface area (Å²) in [6.07, 6.45) is 1.54. The van der Waals surface area contributed by atoms with E-state index >= 15 is 0 Å². The first-order valence-electron chi connectivity index (χ1n) is 7.21. The summed E-state index contributed by atoms with van der Waals surface area (Å²) in [7, 11) is 0. The second-order valence-electron chi connectivity index (χ2n) is 4.63. The predicted molar refractivity (Wildman–Crippen MR) is 101 cm³/mol. The zero-order valence-electron chi connectivity index (χ0n) is 13.0. The molecule has 0 saturated heterocycles. The lowest BCUT2D eigenvalue weighted by Gasteiger charge is -2.08. The van der Waals surface area contributed by atoms with Gasteiger partial charge in [-0.1, -0.05) is 28.1 Å². The van der Waals surface area contributed by atoms with Crippen LogP contribution in [-0.4, -0.2) is 25.3 Å². The van der Waals surface area contributed by atoms with Crippen LogP contribution in [0.1, 0.15) is 12.5 Å². The molecule has 0 unspecified atom stereocenters. The van der Waals surface area contributed by atoms with Crippen LogP contribution < -0.4 is 14.9 Å². The molecule has 0 heterocycles. The van der Waals surface area contributed by atoms with Crippen molar-refractivity contribution in [2.24, 2.45) is 5.10 Å². The summed E-state index contributed by atoms with van der Waals surface area (Å²) in [6, 6.07) is 12.9. The Morgan fingerprint density at radius 1 is 1.17 bits per heavy atom. The van der Waals surface area contributed by atoms with E-state index in [1.54, 1.807) is 12.3 Å². The normalized spacial score (nSPS) is 10.6. The fourth-order valence-corrected chi connectivity index (χ4v) is 2.98. The number of hydrazone groups is 1. The Kier molecular flexibility index (Phi) is 7.27. The average Bonchev–Trinajstić information content (AvgIpc) is 2.56. The van der Waals surface area contributed by atoms with E-state index < -0.39 is 0 Å². The summed E-state index contributed by atoms with van der Waals surface area (Å²) in [6.45, 7) is 2.34. The third kappa shape index (κ3) is 5.65. The maximum absolute atomic E-state index is 11.8. The topological polar surface area (TPSA) is 59.9 Å². The summed E-state index contributed by atoms with van der Waals surface area (Å²) in [5, 5.41) is 3.93. The van der Waals surface area contributed by atoms with E-state index in [0.29, 0.717) is 18.1 Å². The second kappa shape index (κ2) is 9.44. The number of hydrogen-bond acceptors (Lipinski definition) is 4. The first-order valence-corrected chi connectivity index (χ1v) is 8.80. The number of ether oxygens (including phenoxy) is 2. The zero-order valence-corrected chi connectivity index (χ0v) is 16.1. The predicted octanol–water partition coefficient (Wildman–Crippen LogP) is 4.14. The van der Waals surface area contributed by atoms with E-state index in [-0.39, 0.29) is 12.5 Å². The molecule has 0 aromatic heterocycles. The number of hydrogen-bond donors (Lipinski definition) is 1. The molecule has 0 radical (unpaired) electrons. The lowest BCUT2D eigenvalue weighted by atomic mass is 10.2. The van der Waals surface area contributed by atoms with Gasteiger partial charge >= 0.3 is 0 Å². The van der Waals surface area contributed by atoms with Crippen molar-refractivity contribution in [3.8, 4) is 11.5 Å². The highest BCUT2D eigenvalue weighted by Crippen LogP contribution is 2.28. The monoisotopic (exact) mass is 454 g/mol. The molecule has 0 atom stereocenters. The molecule has 0 spiro atoms. The number of para-hydroxylation sites is 1. The van der Waals surface area contributed by atoms with Gasteiger partial charge < -0.3 is 9.47 Å². The molecular weight excluding hydrogens is 440 g/mol. The minimum Gasteiger partial charge on any atom is -0.493 e. The Hall–Kier alpha value is -1.86. The van der Waals surface area contributed by atoms with Gasteiger partial charge in [0.05, 0.1) is 17.3 Å². The number of benzene rings is 2. The lowest BCUT2D eigenvalue weighted by molar-refractivity contribution is -0.123. The van der Waals surface area contributed by atoms with Gasteiger partial charge in [0, 0.05) is 10.0 Å². The number of amides is 1. The fraction of sp³-hybridized carbons (Fsp3) is 0.176. The highest BCUT2D eigenvalue weighted by atomic mass is 79.9. The largest absolute Gasteiger partial charge is 0.493 e. The molecule has 0 aliphatic heterocycles. The summed E-state index contributed by atoms with van der Waals surface area (Å²) in [5.74, 6) is 0.946. The number of carbonyl (C=O) groups is 1. The van der Waals surface area contributed by atoms with Crippen LogP contribution in [0.4, 0.5) is 0 Å². The lowest BCUT2D eigenvalue weighted by Crippen LogP contribution is -2.24. The number of nitrogens with zero attached hydrogens (tertiary/aromatic N) is 1. The standard InChI is InChI=1S/C17H16Br2N2O3/c1-2-23-15-6-4-3-5-12(15)10-20-21-17(22)11-24-16-8-7-13(18)9-14(16)19/h3-10H,2,11H2,1H3,(H,21,22)/b20-10+. The summed E-state index contributed by atoms with van der Waals surface area (Å²) in [4.78, 5) is 11.8. The Morgan fingerprint density at radius 2 is 1.96 bits per heavy atom. The average molecular weight is 456 g/mol. The van der Waals surface area contributed by atoms with Crippen molar-refractivity contribution in [2.75, 3.05) is 13.2 Å². The molecule has 0 fully saturated rings. The molecular formula is C17H16Br2N2O3. The first kappa shape index (κ1) is 18.5. The van der Waals surface area contributed by atoms with Crippen LogP contribution in [0.5, 0.6) is 11.5 Å². The van der Waals surface area contributed by atoms with Gasteiger partial charge in [0.2, 0.25) is 0 Å². The number of rotatable bonds is 7. The number of carbonyl (C=O) groups excluding carboxylic acids is 1. The molecule has 0 aliphatic carbocycles. The van der Waals surface area contributed by atoms with E-state index in [4.69, 9.17) is 9.47 Å². The molecule has 7 heteroatoms. The van der Waals surface area contributed by atoms with Crippen LogP contribution in [-0.2, 0) is 4.79 Å². The van der Waals surface area contributed by atoms with Gasteiger partial charge in [0.25, 0.3) is 5.91 Å². The molecule has 24 heavy (non-hydrogen) atoms. The fourth-order valence-electron chi connectivity index (χ4n) is 1.82. The maximum atomic E-state index is 11.8. The number of halogens is 2. The minimum absolute atomic E-state index is 0.134. The molecule has 0 aliphatic rings. The van der Waals surface area contributed by atoms with Crippen LogP contribution in [0, 0.1) is 0 Å². The van der Waals surface area contributed by atoms with Gasteiger partial charge in [-0.05, 0) is 53.2 Å². The summed E-state index contributed by atoms with van der Waals surface area (Å²) < 4.78 is 12.6. The van der Waals surface area contributed by atoms with Crippen molar-refractivity contribution >= 4 is 44.0 Å². The molecule has 5 nitrogen and oxygen atoms in total. The molecule has 2 aromatic rings. The van der Waals surface area contributed by atoms with Crippen LogP contribution in [0.25, 0.3) is 0 Å². The van der Waals surface area contributed by atoms with E-state index in [2.05, 4.69) is 42.4 Å². The van der Waals surface area contributed by atoms with E-state index in [0.717, 1.165) is 14.5 Å². The van der Waals surface area contributed by atoms with Gasteiger partial charge in [-0.2, -0.15) is 5.10 Å². The maximum Gasteiger partial charge on any atom is 0.277 e. The van der Waals surface area contributed by atoms with Crippen molar-refractivity contribution in [2.45, 2.75) is 6.92 Å². The Labute approximate surface area is 157 Å². The van der Waals surface area contributed by atoms with Crippen molar-refractivity contribution in [3.63, 3.8) is 0 Å². The van der Waals surface area contributed by atoms with Gasteiger partial charge in [-0.15, -0.1) is 0 Å². The number of nitrogens with one attached hydrogen (secondary N) is 1. The molecule has 0 bridgehead atoms. The Morgan fingerprint density at radius 3 is 2.71 bits per heavy atom. The first-order chi connectivity index (χ1) is 11.6. The SMILES string of the molecule is CCOc1ccccc1/C=N/NC(=O)COc1ccc(Br)cc1Br. The smallest absolute Gasteiger partial charge is 0.277 e. The Balaban J connectivity index is 1.87. The third-order valence-electron chi connectivity index (χ3n) is 2.86. The van der Waals surface area contributed by atoms with Crippen molar-refractivity contribution in [1.29, 1.82) is 0 Å². The Bertz CT molecular complexity index is 736. The second-order valence-corrected chi connectivity index (χ2v) is 6.40. The molecule has 2 aromatic carbocycles. The van der Waals surface area contributed by atoms with Gasteiger partial charge in [0.15, 0.2) is 6.61 Å². The van der Waals surface area contributed by atoms with Crippen LogP contribution >= 0.6 is 31.9 Å².